The third-order valence-corrected chi connectivity index (χ3v) is 0.688. The first kappa shape index (κ1) is 4.31. The van der Waals surface area contributed by atoms with Crippen LogP contribution in [-0.4, -0.2) is 11.9 Å². The first-order valence-electron chi connectivity index (χ1n) is 2.06. The normalized spacial score (nSPS) is 8.00. The zero-order valence-electron chi connectivity index (χ0n) is 3.83. The van der Waals surface area contributed by atoms with Crippen molar-refractivity contribution in [3.05, 3.63) is 18.1 Å². The van der Waals surface area contributed by atoms with E-state index in [9.17, 15) is 0 Å². The van der Waals surface area contributed by atoms with Crippen molar-refractivity contribution in [2.24, 2.45) is 0 Å². The van der Waals surface area contributed by atoms with Gasteiger partial charge in [0.2, 0.25) is 0 Å². The van der Waals surface area contributed by atoms with Gasteiger partial charge in [-0.25, -0.2) is 0 Å². The Morgan fingerprint density at radius 3 is 2.86 bits per heavy atom. The second-order valence-corrected chi connectivity index (χ2v) is 1.25. The summed E-state index contributed by atoms with van der Waals surface area (Å²) in [7, 11) is 0. The molecule has 0 saturated heterocycles. The van der Waals surface area contributed by atoms with Crippen molar-refractivity contribution in [2.75, 3.05) is 5.73 Å². The molecule has 3 heteroatoms. The van der Waals surface area contributed by atoms with Crippen molar-refractivity contribution < 1.29 is 0 Å². The fourth-order valence-electron chi connectivity index (χ4n) is 0.376. The second-order valence-electron chi connectivity index (χ2n) is 1.25. The monoisotopic (exact) mass is 92.1 g/mol. The van der Waals surface area contributed by atoms with Gasteiger partial charge >= 0.3 is 41.6 Å². The van der Waals surface area contributed by atoms with Crippen LogP contribution in [0.2, 0.25) is 0 Å². The average Bonchev–Trinajstić information content (AvgIpc) is 1.69. The fraction of sp³-hybridized carbons (Fsp3) is 0. The third-order valence-electron chi connectivity index (χ3n) is 0.688. The van der Waals surface area contributed by atoms with E-state index in [1.165, 1.54) is 0 Å². The molecule has 0 unspecified atom stereocenters. The summed E-state index contributed by atoms with van der Waals surface area (Å²) in [5.74, 6) is 4.15. The maximum absolute atomic E-state index is 5.25. The van der Waals surface area contributed by atoms with E-state index in [4.69, 9.17) is 5.73 Å². The van der Waals surface area contributed by atoms with Crippen LogP contribution in [0.15, 0.2) is 18.1 Å². The standard InChI is InChI=1S/C4H5BN2/c6-4-3-5-1-2-7-4/h1-3H,(H2,6,7). The predicted octanol–water partition coefficient (Wildman–Crippen LogP) is 0.00190. The number of nitrogen functional groups attached to an aromatic ring is 1. The molecule has 0 amide bonds. The number of nitrogens with zero attached hydrogens (tertiary/aromatic N) is 1. The number of nitrogens with two attached hydrogens (primary N) is 1. The first-order chi connectivity index (χ1) is 3.39. The van der Waals surface area contributed by atoms with Crippen LogP contribution < -0.4 is 5.73 Å². The Hall–Kier alpha value is -0.855. The number of hydrogen-bond donors (Lipinski definition) is 1. The summed E-state index contributed by atoms with van der Waals surface area (Å²) < 4.78 is 0. The SMILES string of the molecule is Nc1cbccn1. The summed E-state index contributed by atoms with van der Waals surface area (Å²) in [4.78, 5) is 3.76. The van der Waals surface area contributed by atoms with Crippen molar-refractivity contribution in [1.29, 1.82) is 0 Å². The molecule has 2 nitrogen and oxygen atoms in total. The topological polar surface area (TPSA) is 38.9 Å². The van der Waals surface area contributed by atoms with Crippen molar-refractivity contribution in [1.82, 2.24) is 4.98 Å². The van der Waals surface area contributed by atoms with E-state index in [0.29, 0.717) is 5.82 Å². The van der Waals surface area contributed by atoms with Gasteiger partial charge in [-0.05, 0) is 0 Å². The number of hydrogen-bond acceptors (Lipinski definition) is 2. The van der Waals surface area contributed by atoms with Gasteiger partial charge in [0, 0.05) is 0 Å². The zero-order chi connectivity index (χ0) is 5.11. The molecule has 0 saturated carbocycles. The van der Waals surface area contributed by atoms with Crippen LogP contribution in [0.3, 0.4) is 0 Å². The van der Waals surface area contributed by atoms with E-state index in [-0.39, 0.29) is 0 Å². The molecule has 0 aliphatic heterocycles. The average molecular weight is 91.9 g/mol. The molecule has 0 aliphatic carbocycles. The van der Waals surface area contributed by atoms with Gasteiger partial charge in [0.1, 0.15) is 0 Å². The van der Waals surface area contributed by atoms with Crippen LogP contribution in [0.4, 0.5) is 5.82 Å². The molecule has 2 N–H and O–H groups in total. The van der Waals surface area contributed by atoms with E-state index in [1.54, 1.807) is 12.2 Å². The third kappa shape index (κ3) is 0.997. The molecule has 0 atom stereocenters. The van der Waals surface area contributed by atoms with Crippen molar-refractivity contribution in [3.63, 3.8) is 0 Å². The summed E-state index contributed by atoms with van der Waals surface area (Å²) in [5.41, 5.74) is 5.25. The molecule has 1 aromatic heterocycles. The maximum atomic E-state index is 5.25. The molecular weight excluding hydrogens is 86.9 g/mol. The summed E-state index contributed by atoms with van der Waals surface area (Å²) in [6.45, 7) is 1.85. The number of anilines is 1. The van der Waals surface area contributed by atoms with Crippen LogP contribution in [0.5, 0.6) is 0 Å². The van der Waals surface area contributed by atoms with E-state index >= 15 is 0 Å². The van der Waals surface area contributed by atoms with E-state index in [0.717, 1.165) is 0 Å². The van der Waals surface area contributed by atoms with Crippen molar-refractivity contribution >= 4 is 12.7 Å². The number of aromatic nitrogens is 1. The van der Waals surface area contributed by atoms with E-state index in [2.05, 4.69) is 4.98 Å². The van der Waals surface area contributed by atoms with Gasteiger partial charge in [-0.3, -0.25) is 0 Å². The molecule has 0 bridgehead atoms. The fourth-order valence-corrected chi connectivity index (χ4v) is 0.376. The molecule has 0 spiro atoms. The molecule has 1 aromatic rings. The minimum atomic E-state index is 0.572. The molecule has 0 radical (unpaired) electrons. The summed E-state index contributed by atoms with van der Waals surface area (Å²) in [6.07, 6.45) is 1.66. The Balaban J connectivity index is 3.02. The quantitative estimate of drug-likeness (QED) is 0.489. The van der Waals surface area contributed by atoms with Gasteiger partial charge in [0.25, 0.3) is 0 Å². The second kappa shape index (κ2) is 1.73. The molecule has 7 heavy (non-hydrogen) atoms. The van der Waals surface area contributed by atoms with Gasteiger partial charge in [0.05, 0.1) is 0 Å². The van der Waals surface area contributed by atoms with Gasteiger partial charge in [-0.2, -0.15) is 0 Å². The Morgan fingerprint density at radius 1 is 1.71 bits per heavy atom. The molecular formula is C4H5BN2. The van der Waals surface area contributed by atoms with E-state index < -0.39 is 0 Å². The predicted molar refractivity (Wildman–Crippen MR) is 30.0 cm³/mol. The van der Waals surface area contributed by atoms with E-state index in [1.807, 2.05) is 12.9 Å². The van der Waals surface area contributed by atoms with Gasteiger partial charge < -0.3 is 0 Å². The van der Waals surface area contributed by atoms with Crippen LogP contribution >= 0.6 is 0 Å². The van der Waals surface area contributed by atoms with Crippen LogP contribution in [0.1, 0.15) is 0 Å². The van der Waals surface area contributed by atoms with Gasteiger partial charge in [-0.1, -0.05) is 0 Å². The molecule has 34 valence electrons. The van der Waals surface area contributed by atoms with Crippen molar-refractivity contribution in [2.45, 2.75) is 0 Å². The summed E-state index contributed by atoms with van der Waals surface area (Å²) in [6, 6.07) is 0. The Morgan fingerprint density at radius 2 is 2.57 bits per heavy atom. The molecule has 1 heterocycles. The zero-order valence-corrected chi connectivity index (χ0v) is 3.83. The van der Waals surface area contributed by atoms with Crippen LogP contribution in [-0.2, 0) is 0 Å². The molecule has 0 fully saturated rings. The molecule has 1 rings (SSSR count). The summed E-state index contributed by atoms with van der Waals surface area (Å²) >= 11 is 0. The van der Waals surface area contributed by atoms with Crippen molar-refractivity contribution in [3.8, 4) is 0 Å². The Bertz CT molecular complexity index is 140. The Kier molecular flexibility index (Phi) is 1.07. The van der Waals surface area contributed by atoms with Gasteiger partial charge in [0.15, 0.2) is 0 Å². The molecule has 0 aliphatic rings. The first-order valence-corrected chi connectivity index (χ1v) is 2.06. The van der Waals surface area contributed by atoms with Crippen LogP contribution in [0, 0.1) is 0 Å². The summed E-state index contributed by atoms with van der Waals surface area (Å²) in [5, 5.41) is 0. The Labute approximate surface area is 42.6 Å². The minimum absolute atomic E-state index is 0.572. The molecule has 0 aromatic carbocycles. The van der Waals surface area contributed by atoms with Crippen LogP contribution in [0.25, 0.3) is 0 Å². The van der Waals surface area contributed by atoms with Gasteiger partial charge in [-0.15, -0.1) is 0 Å². The number of rotatable bonds is 0.